The highest BCUT2D eigenvalue weighted by atomic mass is 32.2. The summed E-state index contributed by atoms with van der Waals surface area (Å²) >= 11 is 0. The molecule has 0 saturated carbocycles. The van der Waals surface area contributed by atoms with Crippen molar-refractivity contribution in [2.24, 2.45) is 0 Å². The largest absolute Gasteiger partial charge is 0.335 e. The Morgan fingerprint density at radius 3 is 2.22 bits per heavy atom. The van der Waals surface area contributed by atoms with Crippen molar-refractivity contribution >= 4 is 15.9 Å². The van der Waals surface area contributed by atoms with E-state index in [0.29, 0.717) is 0 Å². The molecule has 0 aliphatic carbocycles. The van der Waals surface area contributed by atoms with Crippen LogP contribution in [-0.4, -0.2) is 20.6 Å². The van der Waals surface area contributed by atoms with Gasteiger partial charge in [-0.15, -0.1) is 0 Å². The standard InChI is InChI=1S/C3H4N2O3S/c1-9(7,8)5-3(6)2-4/h1H3,(H,5,6). The number of carbonyl (C=O) groups excluding carboxylic acids is 1. The van der Waals surface area contributed by atoms with E-state index in [9.17, 15) is 13.2 Å². The van der Waals surface area contributed by atoms with Crippen LogP contribution < -0.4 is 4.72 Å². The SMILES string of the molecule is CS(=O)(=O)NC(=O)C#N. The van der Waals surface area contributed by atoms with Crippen LogP contribution in [0.5, 0.6) is 0 Å². The Morgan fingerprint density at radius 2 is 2.11 bits per heavy atom. The van der Waals surface area contributed by atoms with E-state index in [-0.39, 0.29) is 0 Å². The minimum absolute atomic E-state index is 0.794. The van der Waals surface area contributed by atoms with Crippen molar-refractivity contribution in [3.63, 3.8) is 0 Å². The molecule has 6 heteroatoms. The van der Waals surface area contributed by atoms with Crippen LogP contribution in [0.3, 0.4) is 0 Å². The first-order valence-electron chi connectivity index (χ1n) is 1.87. The van der Waals surface area contributed by atoms with Gasteiger partial charge in [-0.2, -0.15) is 5.26 Å². The molecule has 0 rings (SSSR count). The zero-order valence-corrected chi connectivity index (χ0v) is 5.40. The summed E-state index contributed by atoms with van der Waals surface area (Å²) < 4.78 is 21.7. The predicted octanol–water partition coefficient (Wildman–Crippen LogP) is -1.41. The van der Waals surface area contributed by atoms with Crippen LogP contribution >= 0.6 is 0 Å². The molecule has 1 N–H and O–H groups in total. The van der Waals surface area contributed by atoms with Crippen LogP contribution in [0.4, 0.5) is 0 Å². The number of nitrogens with zero attached hydrogens (tertiary/aromatic N) is 1. The Hall–Kier alpha value is -1.09. The van der Waals surface area contributed by atoms with E-state index in [1.807, 2.05) is 0 Å². The van der Waals surface area contributed by atoms with Gasteiger partial charge in [-0.05, 0) is 0 Å². The summed E-state index contributed by atoms with van der Waals surface area (Å²) in [5, 5.41) is 7.77. The maximum atomic E-state index is 10.1. The van der Waals surface area contributed by atoms with Crippen LogP contribution in [0, 0.1) is 11.3 Å². The fourth-order valence-electron chi connectivity index (χ4n) is 0.191. The lowest BCUT2D eigenvalue weighted by atomic mass is 10.7. The van der Waals surface area contributed by atoms with Crippen molar-refractivity contribution in [1.82, 2.24) is 4.72 Å². The van der Waals surface area contributed by atoms with E-state index in [1.54, 1.807) is 0 Å². The maximum absolute atomic E-state index is 10.1. The molecule has 0 unspecified atom stereocenters. The van der Waals surface area contributed by atoms with Gasteiger partial charge in [0, 0.05) is 0 Å². The smallest absolute Gasteiger partial charge is 0.256 e. The molecule has 0 aromatic carbocycles. The molecule has 0 aliphatic heterocycles. The lowest BCUT2D eigenvalue weighted by Gasteiger charge is -1.91. The van der Waals surface area contributed by atoms with Gasteiger partial charge in [-0.1, -0.05) is 0 Å². The number of nitriles is 1. The molecule has 1 amide bonds. The summed E-state index contributed by atoms with van der Waals surface area (Å²) in [6, 6.07) is 1.09. The molecule has 5 nitrogen and oxygen atoms in total. The first kappa shape index (κ1) is 7.91. The predicted molar refractivity (Wildman–Crippen MR) is 28.6 cm³/mol. The summed E-state index contributed by atoms with van der Waals surface area (Å²) in [4.78, 5) is 9.98. The minimum atomic E-state index is -3.56. The molecular formula is C3H4N2O3S. The zero-order chi connectivity index (χ0) is 7.49. The molecule has 0 atom stereocenters. The molecule has 0 saturated heterocycles. The highest BCUT2D eigenvalue weighted by Gasteiger charge is 2.04. The van der Waals surface area contributed by atoms with Crippen molar-refractivity contribution in [2.75, 3.05) is 6.26 Å². The first-order chi connectivity index (χ1) is 3.95. The fourth-order valence-corrected chi connectivity index (χ4v) is 0.574. The van der Waals surface area contributed by atoms with Crippen molar-refractivity contribution < 1.29 is 13.2 Å². The number of hydrogen-bond acceptors (Lipinski definition) is 4. The normalized spacial score (nSPS) is 9.78. The molecular weight excluding hydrogens is 144 g/mol. The molecule has 0 aromatic rings. The second-order valence-electron chi connectivity index (χ2n) is 1.32. The number of nitrogens with one attached hydrogen (secondary N) is 1. The average Bonchev–Trinajstić information content (AvgIpc) is 1.62. The molecule has 0 aliphatic rings. The van der Waals surface area contributed by atoms with Gasteiger partial charge < -0.3 is 0 Å². The summed E-state index contributed by atoms with van der Waals surface area (Å²) in [7, 11) is -3.56. The van der Waals surface area contributed by atoms with Gasteiger partial charge in [0.1, 0.15) is 0 Å². The van der Waals surface area contributed by atoms with Crippen molar-refractivity contribution in [3.05, 3.63) is 0 Å². The summed E-state index contributed by atoms with van der Waals surface area (Å²) in [6.07, 6.45) is 0.794. The molecule has 0 fully saturated rings. The second-order valence-corrected chi connectivity index (χ2v) is 3.06. The molecule has 50 valence electrons. The topological polar surface area (TPSA) is 87.0 Å². The van der Waals surface area contributed by atoms with Crippen LogP contribution in [0.25, 0.3) is 0 Å². The average molecular weight is 148 g/mol. The number of hydrogen-bond donors (Lipinski definition) is 1. The van der Waals surface area contributed by atoms with Crippen LogP contribution in [-0.2, 0) is 14.8 Å². The number of sulfonamides is 1. The Morgan fingerprint density at radius 1 is 1.67 bits per heavy atom. The lowest BCUT2D eigenvalue weighted by molar-refractivity contribution is -0.114. The van der Waals surface area contributed by atoms with E-state index in [1.165, 1.54) is 4.72 Å². The molecule has 0 heterocycles. The van der Waals surface area contributed by atoms with E-state index >= 15 is 0 Å². The Labute approximate surface area is 52.3 Å². The third kappa shape index (κ3) is 4.77. The Balaban J connectivity index is 4.12. The first-order valence-corrected chi connectivity index (χ1v) is 3.76. The van der Waals surface area contributed by atoms with Crippen molar-refractivity contribution in [1.29, 1.82) is 5.26 Å². The Bertz CT molecular complexity index is 247. The van der Waals surface area contributed by atoms with Gasteiger partial charge in [0.25, 0.3) is 0 Å². The number of amides is 1. The summed E-state index contributed by atoms with van der Waals surface area (Å²) in [5.41, 5.74) is 0. The molecule has 0 spiro atoms. The van der Waals surface area contributed by atoms with E-state index < -0.39 is 15.9 Å². The van der Waals surface area contributed by atoms with Crippen molar-refractivity contribution in [3.8, 4) is 6.07 Å². The number of carbonyl (C=O) groups is 1. The summed E-state index contributed by atoms with van der Waals surface area (Å²) in [6.45, 7) is 0. The van der Waals surface area contributed by atoms with Gasteiger partial charge in [0.15, 0.2) is 6.07 Å². The van der Waals surface area contributed by atoms with Gasteiger partial charge in [0.05, 0.1) is 6.26 Å². The third-order valence-corrected chi connectivity index (χ3v) is 0.936. The molecule has 0 aromatic heterocycles. The van der Waals surface area contributed by atoms with Crippen LogP contribution in [0.15, 0.2) is 0 Å². The van der Waals surface area contributed by atoms with E-state index in [4.69, 9.17) is 5.26 Å². The molecule has 0 radical (unpaired) electrons. The third-order valence-electron chi connectivity index (χ3n) is 0.380. The van der Waals surface area contributed by atoms with Crippen molar-refractivity contribution in [2.45, 2.75) is 0 Å². The lowest BCUT2D eigenvalue weighted by Crippen LogP contribution is -2.27. The second kappa shape index (κ2) is 2.46. The van der Waals surface area contributed by atoms with Gasteiger partial charge in [-0.25, -0.2) is 13.1 Å². The van der Waals surface area contributed by atoms with Gasteiger partial charge in [-0.3, -0.25) is 4.79 Å². The minimum Gasteiger partial charge on any atom is -0.256 e. The quantitative estimate of drug-likeness (QED) is 0.462. The molecule has 9 heavy (non-hydrogen) atoms. The van der Waals surface area contributed by atoms with Crippen LogP contribution in [0.2, 0.25) is 0 Å². The Kier molecular flexibility index (Phi) is 2.16. The summed E-state index contributed by atoms with van der Waals surface area (Å²) in [5.74, 6) is -1.17. The monoisotopic (exact) mass is 148 g/mol. The fraction of sp³-hybridized carbons (Fsp3) is 0.333. The zero-order valence-electron chi connectivity index (χ0n) is 4.58. The highest BCUT2D eigenvalue weighted by Crippen LogP contribution is 1.71. The highest BCUT2D eigenvalue weighted by molar-refractivity contribution is 7.89. The maximum Gasteiger partial charge on any atom is 0.335 e. The van der Waals surface area contributed by atoms with Gasteiger partial charge in [0.2, 0.25) is 10.0 Å². The number of rotatable bonds is 1. The molecule has 0 bridgehead atoms. The van der Waals surface area contributed by atoms with Gasteiger partial charge >= 0.3 is 5.91 Å². The van der Waals surface area contributed by atoms with E-state index in [0.717, 1.165) is 12.3 Å². The van der Waals surface area contributed by atoms with E-state index in [2.05, 4.69) is 0 Å². The van der Waals surface area contributed by atoms with Crippen LogP contribution in [0.1, 0.15) is 0 Å².